The van der Waals surface area contributed by atoms with E-state index in [0.29, 0.717) is 5.04 Å². The lowest BCUT2D eigenvalue weighted by Crippen LogP contribution is -2.51. The second-order valence-electron chi connectivity index (χ2n) is 5.55. The van der Waals surface area contributed by atoms with Crippen LogP contribution in [0.4, 0.5) is 0 Å². The van der Waals surface area contributed by atoms with Crippen LogP contribution in [0.2, 0.25) is 18.1 Å². The highest BCUT2D eigenvalue weighted by Crippen LogP contribution is 2.33. The molecule has 1 heterocycles. The maximum absolute atomic E-state index is 4.32. The maximum atomic E-state index is 4.32. The Kier molecular flexibility index (Phi) is 3.68. The molecule has 2 nitrogen and oxygen atoms in total. The highest BCUT2D eigenvalue weighted by Gasteiger charge is 2.34. The molecule has 0 aliphatic carbocycles. The first-order valence-corrected chi connectivity index (χ1v) is 8.48. The summed E-state index contributed by atoms with van der Waals surface area (Å²) in [5.74, 6) is 0. The summed E-state index contributed by atoms with van der Waals surface area (Å²) in [5, 5.41) is 0.377. The Morgan fingerprint density at radius 1 is 1.27 bits per heavy atom. The standard InChI is InChI=1S/C12H22N2Si/c1-12(2,3)15(4,5)14-10-11-8-6-7-9-13-11/h6-9,14H,10H2,1-5H3. The number of pyridine rings is 1. The maximum Gasteiger partial charge on any atom is 0.125 e. The zero-order valence-corrected chi connectivity index (χ0v) is 11.5. The average molecular weight is 222 g/mol. The Hall–Kier alpha value is -0.673. The van der Waals surface area contributed by atoms with E-state index >= 15 is 0 Å². The van der Waals surface area contributed by atoms with Gasteiger partial charge in [0.05, 0.1) is 5.69 Å². The second-order valence-corrected chi connectivity index (χ2v) is 10.7. The summed E-state index contributed by atoms with van der Waals surface area (Å²) >= 11 is 0. The molecule has 1 aromatic rings. The smallest absolute Gasteiger partial charge is 0.125 e. The number of hydrogen-bond donors (Lipinski definition) is 1. The van der Waals surface area contributed by atoms with Gasteiger partial charge in [-0.2, -0.15) is 0 Å². The summed E-state index contributed by atoms with van der Waals surface area (Å²) in [7, 11) is -1.38. The van der Waals surface area contributed by atoms with Crippen molar-refractivity contribution in [3.8, 4) is 0 Å². The molecule has 84 valence electrons. The van der Waals surface area contributed by atoms with Crippen molar-refractivity contribution in [3.05, 3.63) is 30.1 Å². The molecule has 0 amide bonds. The van der Waals surface area contributed by atoms with Crippen molar-refractivity contribution in [2.24, 2.45) is 0 Å². The van der Waals surface area contributed by atoms with E-state index in [-0.39, 0.29) is 0 Å². The Morgan fingerprint density at radius 2 is 1.93 bits per heavy atom. The highest BCUT2D eigenvalue weighted by atomic mass is 28.3. The molecule has 0 unspecified atom stereocenters. The predicted octanol–water partition coefficient (Wildman–Crippen LogP) is 3.18. The number of hydrogen-bond acceptors (Lipinski definition) is 2. The monoisotopic (exact) mass is 222 g/mol. The largest absolute Gasteiger partial charge is 0.332 e. The molecule has 0 aromatic carbocycles. The molecule has 1 N–H and O–H groups in total. The van der Waals surface area contributed by atoms with Gasteiger partial charge in [0.1, 0.15) is 8.24 Å². The average Bonchev–Trinajstić information content (AvgIpc) is 2.15. The molecule has 0 bridgehead atoms. The van der Waals surface area contributed by atoms with Gasteiger partial charge in [0.15, 0.2) is 0 Å². The lowest BCUT2D eigenvalue weighted by molar-refractivity contribution is 0.680. The summed E-state index contributed by atoms with van der Waals surface area (Å²) in [4.78, 5) is 8.02. The van der Waals surface area contributed by atoms with E-state index in [2.05, 4.69) is 49.9 Å². The van der Waals surface area contributed by atoms with E-state index in [9.17, 15) is 0 Å². The van der Waals surface area contributed by atoms with Gasteiger partial charge in [0.2, 0.25) is 0 Å². The first kappa shape index (κ1) is 12.4. The van der Waals surface area contributed by atoms with E-state index in [1.165, 1.54) is 0 Å². The Balaban J connectivity index is 2.58. The third kappa shape index (κ3) is 3.43. The third-order valence-corrected chi connectivity index (χ3v) is 8.12. The topological polar surface area (TPSA) is 24.9 Å². The molecule has 0 aliphatic heterocycles. The van der Waals surface area contributed by atoms with Gasteiger partial charge in [0.25, 0.3) is 0 Å². The Labute approximate surface area is 94.2 Å². The number of nitrogens with one attached hydrogen (secondary N) is 1. The van der Waals surface area contributed by atoms with Crippen molar-refractivity contribution in [3.63, 3.8) is 0 Å². The van der Waals surface area contributed by atoms with Crippen molar-refractivity contribution >= 4 is 8.24 Å². The van der Waals surface area contributed by atoms with Crippen molar-refractivity contribution in [2.75, 3.05) is 0 Å². The van der Waals surface area contributed by atoms with Gasteiger partial charge in [-0.25, -0.2) is 0 Å². The molecule has 3 heteroatoms. The summed E-state index contributed by atoms with van der Waals surface area (Å²) in [5.41, 5.74) is 1.13. The third-order valence-electron chi connectivity index (χ3n) is 3.31. The van der Waals surface area contributed by atoms with Crippen LogP contribution in [0.5, 0.6) is 0 Å². The number of aromatic nitrogens is 1. The van der Waals surface area contributed by atoms with Gasteiger partial charge >= 0.3 is 0 Å². The van der Waals surface area contributed by atoms with E-state index in [4.69, 9.17) is 0 Å². The van der Waals surface area contributed by atoms with Crippen LogP contribution in [0.1, 0.15) is 26.5 Å². The van der Waals surface area contributed by atoms with Crippen LogP contribution >= 0.6 is 0 Å². The van der Waals surface area contributed by atoms with Crippen molar-refractivity contribution in [2.45, 2.75) is 45.4 Å². The van der Waals surface area contributed by atoms with E-state index in [1.807, 2.05) is 18.3 Å². The molecule has 0 atom stereocenters. The molecule has 0 saturated carbocycles. The van der Waals surface area contributed by atoms with Crippen LogP contribution in [0, 0.1) is 0 Å². The minimum atomic E-state index is -1.38. The molecule has 0 aliphatic rings. The summed E-state index contributed by atoms with van der Waals surface area (Å²) < 4.78 is 0. The van der Waals surface area contributed by atoms with Crippen LogP contribution in [-0.4, -0.2) is 13.2 Å². The normalized spacial score (nSPS) is 12.9. The molecule has 0 radical (unpaired) electrons. The number of rotatable bonds is 3. The predicted molar refractivity (Wildman–Crippen MR) is 68.3 cm³/mol. The van der Waals surface area contributed by atoms with E-state index in [1.54, 1.807) is 0 Å². The first-order valence-electron chi connectivity index (χ1n) is 5.48. The molecular weight excluding hydrogens is 200 g/mol. The molecule has 15 heavy (non-hydrogen) atoms. The van der Waals surface area contributed by atoms with Gasteiger partial charge in [-0.3, -0.25) is 4.98 Å². The molecule has 0 spiro atoms. The molecule has 1 rings (SSSR count). The van der Waals surface area contributed by atoms with Crippen molar-refractivity contribution in [1.82, 2.24) is 9.97 Å². The summed E-state index contributed by atoms with van der Waals surface area (Å²) in [6.45, 7) is 12.6. The van der Waals surface area contributed by atoms with Crippen LogP contribution in [0.15, 0.2) is 24.4 Å². The summed E-state index contributed by atoms with van der Waals surface area (Å²) in [6, 6.07) is 6.06. The molecule has 0 saturated heterocycles. The van der Waals surface area contributed by atoms with Crippen LogP contribution < -0.4 is 4.98 Å². The van der Waals surface area contributed by atoms with Crippen LogP contribution in [-0.2, 0) is 6.54 Å². The van der Waals surface area contributed by atoms with Crippen molar-refractivity contribution < 1.29 is 0 Å². The Morgan fingerprint density at radius 3 is 2.40 bits per heavy atom. The Bertz CT molecular complexity index is 301. The summed E-state index contributed by atoms with van der Waals surface area (Å²) in [6.07, 6.45) is 1.85. The van der Waals surface area contributed by atoms with Crippen LogP contribution in [0.3, 0.4) is 0 Å². The fraction of sp³-hybridized carbons (Fsp3) is 0.583. The van der Waals surface area contributed by atoms with E-state index < -0.39 is 8.24 Å². The SMILES string of the molecule is CC(C)(C)[Si](C)(C)NCc1ccccn1. The second kappa shape index (κ2) is 4.45. The minimum Gasteiger partial charge on any atom is -0.332 e. The lowest BCUT2D eigenvalue weighted by Gasteiger charge is -2.37. The highest BCUT2D eigenvalue weighted by molar-refractivity contribution is 6.77. The van der Waals surface area contributed by atoms with Gasteiger partial charge < -0.3 is 4.98 Å². The zero-order chi connectivity index (χ0) is 11.5. The zero-order valence-electron chi connectivity index (χ0n) is 10.5. The number of nitrogens with zero attached hydrogens (tertiary/aromatic N) is 1. The van der Waals surface area contributed by atoms with Crippen molar-refractivity contribution in [1.29, 1.82) is 0 Å². The first-order chi connectivity index (χ1) is 6.83. The minimum absolute atomic E-state index is 0.377. The fourth-order valence-electron chi connectivity index (χ4n) is 1.08. The van der Waals surface area contributed by atoms with Gasteiger partial charge in [-0.15, -0.1) is 0 Å². The van der Waals surface area contributed by atoms with Gasteiger partial charge in [-0.05, 0) is 17.2 Å². The fourth-order valence-corrected chi connectivity index (χ4v) is 2.23. The lowest BCUT2D eigenvalue weighted by atomic mass is 10.2. The van der Waals surface area contributed by atoms with Crippen LogP contribution in [0.25, 0.3) is 0 Å². The molecule has 0 fully saturated rings. The van der Waals surface area contributed by atoms with E-state index in [0.717, 1.165) is 12.2 Å². The quantitative estimate of drug-likeness (QED) is 0.795. The molecular formula is C12H22N2Si. The molecule has 1 aromatic heterocycles. The van der Waals surface area contributed by atoms with Gasteiger partial charge in [0, 0.05) is 12.7 Å². The van der Waals surface area contributed by atoms with Gasteiger partial charge in [-0.1, -0.05) is 39.9 Å².